The molecule has 1 aliphatic rings. The van der Waals surface area contributed by atoms with Crippen LogP contribution in [0.3, 0.4) is 0 Å². The Balaban J connectivity index is 1.99. The first-order chi connectivity index (χ1) is 10.6. The van der Waals surface area contributed by atoms with Gasteiger partial charge in [0.05, 0.1) is 4.92 Å². The topological polar surface area (TPSA) is 43.1 Å². The fourth-order valence-electron chi connectivity index (χ4n) is 2.38. The number of thioether (sulfide) groups is 1. The van der Waals surface area contributed by atoms with Crippen LogP contribution in [-0.4, -0.2) is 4.92 Å². The summed E-state index contributed by atoms with van der Waals surface area (Å²) in [5.74, 6) is 0. The Kier molecular flexibility index (Phi) is 4.11. The summed E-state index contributed by atoms with van der Waals surface area (Å²) < 4.78 is 0. The molecule has 1 heterocycles. The van der Waals surface area contributed by atoms with Gasteiger partial charge >= 0.3 is 0 Å². The Labute approximate surface area is 133 Å². The van der Waals surface area contributed by atoms with E-state index in [2.05, 4.69) is 24.3 Å². The van der Waals surface area contributed by atoms with Gasteiger partial charge in [0.1, 0.15) is 5.25 Å². The minimum absolute atomic E-state index is 0.229. The molecular formula is C18H15NO2S. The molecule has 0 fully saturated rings. The summed E-state index contributed by atoms with van der Waals surface area (Å²) in [6.45, 7) is 2.05. The van der Waals surface area contributed by atoms with E-state index in [4.69, 9.17) is 0 Å². The van der Waals surface area contributed by atoms with Crippen LogP contribution in [0.1, 0.15) is 21.9 Å². The zero-order chi connectivity index (χ0) is 15.5. The number of nitro groups is 1. The van der Waals surface area contributed by atoms with Crippen LogP contribution in [0.2, 0.25) is 0 Å². The first-order valence-corrected chi connectivity index (χ1v) is 7.88. The van der Waals surface area contributed by atoms with Crippen LogP contribution in [0.4, 0.5) is 0 Å². The van der Waals surface area contributed by atoms with E-state index in [0.29, 0.717) is 0 Å². The van der Waals surface area contributed by atoms with Crippen molar-refractivity contribution in [2.24, 2.45) is 0 Å². The Hall–Kier alpha value is -2.33. The molecule has 0 radical (unpaired) electrons. The third kappa shape index (κ3) is 2.97. The van der Waals surface area contributed by atoms with Gasteiger partial charge in [-0.15, -0.1) is 11.8 Å². The highest BCUT2D eigenvalue weighted by Crippen LogP contribution is 2.47. The molecule has 0 saturated carbocycles. The molecule has 0 N–H and O–H groups in total. The fourth-order valence-corrected chi connectivity index (χ4v) is 3.63. The van der Waals surface area contributed by atoms with Crippen molar-refractivity contribution in [3.8, 4) is 0 Å². The van der Waals surface area contributed by atoms with E-state index in [1.165, 1.54) is 17.3 Å². The molecule has 2 aromatic rings. The monoisotopic (exact) mass is 309 g/mol. The molecule has 0 saturated heterocycles. The van der Waals surface area contributed by atoms with E-state index in [1.807, 2.05) is 43.3 Å². The van der Waals surface area contributed by atoms with Gasteiger partial charge in [0.2, 0.25) is 0 Å². The van der Waals surface area contributed by atoms with Gasteiger partial charge in [-0.25, -0.2) is 0 Å². The van der Waals surface area contributed by atoms with E-state index in [0.717, 1.165) is 16.0 Å². The molecule has 0 spiro atoms. The second-order valence-electron chi connectivity index (χ2n) is 5.15. The highest BCUT2D eigenvalue weighted by molar-refractivity contribution is 8.08. The lowest BCUT2D eigenvalue weighted by Gasteiger charge is -2.20. The number of nitrogens with zero attached hydrogens (tertiary/aromatic N) is 1. The molecule has 3 nitrogen and oxygen atoms in total. The molecule has 1 aliphatic heterocycles. The summed E-state index contributed by atoms with van der Waals surface area (Å²) in [6.07, 6.45) is 3.47. The molecule has 0 bridgehead atoms. The van der Waals surface area contributed by atoms with Crippen molar-refractivity contribution in [2.45, 2.75) is 12.2 Å². The molecule has 0 aromatic heterocycles. The molecule has 1 atom stereocenters. The Morgan fingerprint density at radius 3 is 2.32 bits per heavy atom. The van der Waals surface area contributed by atoms with Crippen molar-refractivity contribution >= 4 is 16.7 Å². The predicted molar refractivity (Wildman–Crippen MR) is 91.0 cm³/mol. The smallest absolute Gasteiger partial charge is 0.259 e. The third-order valence-electron chi connectivity index (χ3n) is 3.57. The van der Waals surface area contributed by atoms with Gasteiger partial charge in [-0.05, 0) is 24.1 Å². The summed E-state index contributed by atoms with van der Waals surface area (Å²) in [6, 6.07) is 17.8. The normalized spacial score (nSPS) is 17.6. The SMILES string of the molecule is Cc1ccc(C2=CC=C([N+](=O)[O-])C(c3ccccc3)S2)cc1. The van der Waals surface area contributed by atoms with Crippen LogP contribution in [0.15, 0.2) is 72.4 Å². The molecule has 4 heteroatoms. The molecule has 0 amide bonds. The highest BCUT2D eigenvalue weighted by Gasteiger charge is 2.30. The molecule has 1 unspecified atom stereocenters. The first-order valence-electron chi connectivity index (χ1n) is 7.00. The maximum absolute atomic E-state index is 11.3. The lowest BCUT2D eigenvalue weighted by Crippen LogP contribution is -2.10. The van der Waals surface area contributed by atoms with Crippen LogP contribution in [-0.2, 0) is 0 Å². The van der Waals surface area contributed by atoms with E-state index < -0.39 is 0 Å². The highest BCUT2D eigenvalue weighted by atomic mass is 32.2. The number of benzene rings is 2. The van der Waals surface area contributed by atoms with Crippen LogP contribution < -0.4 is 0 Å². The van der Waals surface area contributed by atoms with Crippen LogP contribution >= 0.6 is 11.8 Å². The van der Waals surface area contributed by atoms with Gasteiger partial charge in [0, 0.05) is 11.0 Å². The van der Waals surface area contributed by atoms with Gasteiger partial charge in [-0.2, -0.15) is 0 Å². The molecule has 3 rings (SSSR count). The number of hydrogen-bond donors (Lipinski definition) is 0. The van der Waals surface area contributed by atoms with Crippen molar-refractivity contribution in [3.05, 3.63) is 99.3 Å². The van der Waals surface area contributed by atoms with Crippen molar-refractivity contribution in [1.29, 1.82) is 0 Å². The Morgan fingerprint density at radius 2 is 1.68 bits per heavy atom. The largest absolute Gasteiger partial charge is 0.263 e. The second-order valence-corrected chi connectivity index (χ2v) is 6.30. The van der Waals surface area contributed by atoms with Gasteiger partial charge < -0.3 is 0 Å². The summed E-state index contributed by atoms with van der Waals surface area (Å²) in [7, 11) is 0. The molecular weight excluding hydrogens is 294 g/mol. The van der Waals surface area contributed by atoms with Crippen LogP contribution in [0.25, 0.3) is 4.91 Å². The van der Waals surface area contributed by atoms with Crippen molar-refractivity contribution in [1.82, 2.24) is 0 Å². The molecule has 22 heavy (non-hydrogen) atoms. The lowest BCUT2D eigenvalue weighted by atomic mass is 10.1. The van der Waals surface area contributed by atoms with Gasteiger partial charge in [0.15, 0.2) is 0 Å². The number of rotatable bonds is 3. The zero-order valence-electron chi connectivity index (χ0n) is 12.1. The average molecular weight is 309 g/mol. The number of aryl methyl sites for hydroxylation is 1. The maximum atomic E-state index is 11.3. The maximum Gasteiger partial charge on any atom is 0.263 e. The zero-order valence-corrected chi connectivity index (χ0v) is 12.9. The molecule has 110 valence electrons. The third-order valence-corrected chi connectivity index (χ3v) is 4.94. The molecule has 0 aliphatic carbocycles. The number of hydrogen-bond acceptors (Lipinski definition) is 3. The lowest BCUT2D eigenvalue weighted by molar-refractivity contribution is -0.427. The standard InChI is InChI=1S/C18H15NO2S/c1-13-7-9-14(10-8-13)17-12-11-16(19(20)21)18(22-17)15-5-3-2-4-6-15/h2-12,18H,1H3. The minimum atomic E-state index is -0.285. The number of allylic oxidation sites excluding steroid dienone is 2. The summed E-state index contributed by atoms with van der Waals surface area (Å²) in [5.41, 5.74) is 3.47. The molecule has 2 aromatic carbocycles. The quantitative estimate of drug-likeness (QED) is 0.593. The second kappa shape index (κ2) is 6.20. The van der Waals surface area contributed by atoms with E-state index >= 15 is 0 Å². The predicted octanol–water partition coefficient (Wildman–Crippen LogP) is 4.98. The van der Waals surface area contributed by atoms with E-state index in [9.17, 15) is 10.1 Å². The van der Waals surface area contributed by atoms with E-state index in [1.54, 1.807) is 6.08 Å². The van der Waals surface area contributed by atoms with E-state index in [-0.39, 0.29) is 15.9 Å². The minimum Gasteiger partial charge on any atom is -0.259 e. The van der Waals surface area contributed by atoms with Crippen molar-refractivity contribution in [2.75, 3.05) is 0 Å². The Morgan fingerprint density at radius 1 is 1.00 bits per heavy atom. The Bertz CT molecular complexity index is 748. The summed E-state index contributed by atoms with van der Waals surface area (Å²) >= 11 is 1.53. The van der Waals surface area contributed by atoms with Gasteiger partial charge in [0.25, 0.3) is 5.70 Å². The fraction of sp³-hybridized carbons (Fsp3) is 0.111. The van der Waals surface area contributed by atoms with Crippen molar-refractivity contribution < 1.29 is 4.92 Å². The van der Waals surface area contributed by atoms with Gasteiger partial charge in [-0.1, -0.05) is 60.2 Å². The van der Waals surface area contributed by atoms with Crippen LogP contribution in [0.5, 0.6) is 0 Å². The summed E-state index contributed by atoms with van der Waals surface area (Å²) in [4.78, 5) is 12.1. The summed E-state index contributed by atoms with van der Waals surface area (Å²) in [5, 5.41) is 11.0. The van der Waals surface area contributed by atoms with Crippen LogP contribution in [0, 0.1) is 17.0 Å². The van der Waals surface area contributed by atoms with Crippen molar-refractivity contribution in [3.63, 3.8) is 0 Å². The first kappa shape index (κ1) is 14.6. The van der Waals surface area contributed by atoms with Gasteiger partial charge in [-0.3, -0.25) is 10.1 Å². The average Bonchev–Trinajstić information content (AvgIpc) is 2.56.